The smallest absolute Gasteiger partial charge is 0.389 e. The molecule has 3 aliphatic rings. The topological polar surface area (TPSA) is 41.9 Å². The molecule has 214 valence electrons. The number of ether oxygens (including phenoxy) is 2. The number of alkyl halides is 6. The van der Waals surface area contributed by atoms with Crippen molar-refractivity contribution < 1.29 is 40.9 Å². The molecule has 2 saturated heterocycles. The molecule has 2 aliphatic heterocycles. The lowest BCUT2D eigenvalue weighted by molar-refractivity contribution is -0.232. The van der Waals surface area contributed by atoms with Crippen molar-refractivity contribution in [3.63, 3.8) is 0 Å². The number of piperidine rings is 1. The van der Waals surface area contributed by atoms with Gasteiger partial charge in [0.05, 0.1) is 29.4 Å². The lowest BCUT2D eigenvalue weighted by Gasteiger charge is -2.49. The fourth-order valence-corrected chi connectivity index (χ4v) is 6.16. The molecule has 4 atom stereocenters. The Morgan fingerprint density at radius 2 is 1.51 bits per heavy atom. The second kappa shape index (κ2) is 10.7. The molecule has 1 saturated carbocycles. The van der Waals surface area contributed by atoms with Crippen LogP contribution in [0.3, 0.4) is 0 Å². The highest BCUT2D eigenvalue weighted by Crippen LogP contribution is 2.48. The molecule has 39 heavy (non-hydrogen) atoms. The van der Waals surface area contributed by atoms with Crippen LogP contribution in [0.1, 0.15) is 73.3 Å². The summed E-state index contributed by atoms with van der Waals surface area (Å²) in [5, 5.41) is 11.9. The number of nitrogens with zero attached hydrogens (tertiary/aromatic N) is 1. The Labute approximate surface area is 223 Å². The van der Waals surface area contributed by atoms with Gasteiger partial charge < -0.3 is 19.5 Å². The highest BCUT2D eigenvalue weighted by molar-refractivity contribution is 5.35. The lowest BCUT2D eigenvalue weighted by atomic mass is 9.68. The molecule has 3 fully saturated rings. The van der Waals surface area contributed by atoms with Crippen LogP contribution in [0.15, 0.2) is 48.5 Å². The SMILES string of the molecule is C[C@@H](O[C@H]1OCCC(C2(O)CCN(C3CC3)CC2)[C@H]1c1ccccc1)c1cc(C(F)(F)F)cc(C(F)(F)F)c1. The van der Waals surface area contributed by atoms with E-state index < -0.39 is 47.4 Å². The molecule has 1 unspecified atom stereocenters. The molecule has 1 N–H and O–H groups in total. The van der Waals surface area contributed by atoms with Gasteiger partial charge in [0.15, 0.2) is 6.29 Å². The molecule has 4 nitrogen and oxygen atoms in total. The van der Waals surface area contributed by atoms with Crippen molar-refractivity contribution in [2.45, 2.75) is 81.3 Å². The maximum atomic E-state index is 13.5. The van der Waals surface area contributed by atoms with E-state index in [1.54, 1.807) is 0 Å². The van der Waals surface area contributed by atoms with E-state index >= 15 is 0 Å². The van der Waals surface area contributed by atoms with E-state index in [1.807, 2.05) is 30.3 Å². The Hall–Kier alpha value is -2.14. The van der Waals surface area contributed by atoms with Crippen molar-refractivity contribution in [1.82, 2.24) is 4.90 Å². The summed E-state index contributed by atoms with van der Waals surface area (Å²) in [6.07, 6.45) is -7.89. The molecule has 5 rings (SSSR count). The van der Waals surface area contributed by atoms with Crippen LogP contribution in [-0.4, -0.2) is 47.6 Å². The highest BCUT2D eigenvalue weighted by atomic mass is 19.4. The molecule has 0 spiro atoms. The number of likely N-dealkylation sites (tertiary alicyclic amines) is 1. The average Bonchev–Trinajstić information content (AvgIpc) is 3.74. The highest BCUT2D eigenvalue weighted by Gasteiger charge is 2.50. The van der Waals surface area contributed by atoms with Crippen molar-refractivity contribution in [2.24, 2.45) is 5.92 Å². The molecule has 2 aromatic carbocycles. The third-order valence-electron chi connectivity index (χ3n) is 8.46. The van der Waals surface area contributed by atoms with Crippen LogP contribution < -0.4 is 0 Å². The number of halogens is 6. The third-order valence-corrected chi connectivity index (χ3v) is 8.46. The normalized spacial score (nSPS) is 27.3. The minimum atomic E-state index is -4.95. The number of rotatable bonds is 6. The number of aliphatic hydroxyl groups is 1. The van der Waals surface area contributed by atoms with Gasteiger partial charge in [0.2, 0.25) is 0 Å². The van der Waals surface area contributed by atoms with Gasteiger partial charge in [-0.25, -0.2) is 0 Å². The molecule has 2 heterocycles. The fourth-order valence-electron chi connectivity index (χ4n) is 6.16. The van der Waals surface area contributed by atoms with Crippen LogP contribution in [0.4, 0.5) is 26.3 Å². The minimum absolute atomic E-state index is 0.111. The van der Waals surface area contributed by atoms with E-state index in [0.29, 0.717) is 37.4 Å². The van der Waals surface area contributed by atoms with Crippen LogP contribution in [-0.2, 0) is 21.8 Å². The van der Waals surface area contributed by atoms with E-state index in [4.69, 9.17) is 9.47 Å². The fraction of sp³-hybridized carbons (Fsp3) is 0.586. The first kappa shape index (κ1) is 28.4. The predicted molar refractivity (Wildman–Crippen MR) is 132 cm³/mol. The average molecular weight is 558 g/mol. The number of hydrogen-bond acceptors (Lipinski definition) is 4. The summed E-state index contributed by atoms with van der Waals surface area (Å²) in [5.41, 5.74) is -3.16. The molecule has 0 radical (unpaired) electrons. The zero-order valence-corrected chi connectivity index (χ0v) is 21.6. The van der Waals surface area contributed by atoms with Crippen molar-refractivity contribution in [3.05, 3.63) is 70.8 Å². The van der Waals surface area contributed by atoms with Gasteiger partial charge in [0.25, 0.3) is 0 Å². The zero-order chi connectivity index (χ0) is 28.0. The largest absolute Gasteiger partial charge is 0.416 e. The summed E-state index contributed by atoms with van der Waals surface area (Å²) in [5.74, 6) is -0.702. The summed E-state index contributed by atoms with van der Waals surface area (Å²) < 4.78 is 92.9. The lowest BCUT2D eigenvalue weighted by Crippen LogP contribution is -2.54. The van der Waals surface area contributed by atoms with Crippen LogP contribution in [0.5, 0.6) is 0 Å². The van der Waals surface area contributed by atoms with Gasteiger partial charge in [0.1, 0.15) is 0 Å². The Kier molecular flexibility index (Phi) is 7.78. The molecule has 0 aromatic heterocycles. The number of hydrogen-bond donors (Lipinski definition) is 1. The summed E-state index contributed by atoms with van der Waals surface area (Å²) >= 11 is 0. The minimum Gasteiger partial charge on any atom is -0.389 e. The summed E-state index contributed by atoms with van der Waals surface area (Å²) in [4.78, 5) is 2.41. The monoisotopic (exact) mass is 557 g/mol. The van der Waals surface area contributed by atoms with Gasteiger partial charge >= 0.3 is 12.4 Å². The Morgan fingerprint density at radius 1 is 0.923 bits per heavy atom. The summed E-state index contributed by atoms with van der Waals surface area (Å²) in [6, 6.07) is 11.4. The van der Waals surface area contributed by atoms with E-state index in [9.17, 15) is 31.4 Å². The Bertz CT molecular complexity index is 1090. The first-order valence-corrected chi connectivity index (χ1v) is 13.4. The van der Waals surface area contributed by atoms with Crippen LogP contribution in [0.2, 0.25) is 0 Å². The van der Waals surface area contributed by atoms with Crippen molar-refractivity contribution in [3.8, 4) is 0 Å². The number of benzene rings is 2. The van der Waals surface area contributed by atoms with E-state index in [0.717, 1.165) is 18.7 Å². The van der Waals surface area contributed by atoms with E-state index in [2.05, 4.69) is 4.90 Å². The standard InChI is InChI=1S/C29H33F6NO3/c1-18(20-15-21(28(30,31)32)17-22(16-20)29(33,34)35)39-26-25(19-5-3-2-4-6-19)24(9-14-38-26)27(37)10-12-36(13-11-27)23-7-8-23/h2-6,15-18,23-26,37H,7-14H2,1H3/t18-,24?,25-,26-/m1/s1. The van der Waals surface area contributed by atoms with Crippen molar-refractivity contribution >= 4 is 0 Å². The molecule has 2 aromatic rings. The van der Waals surface area contributed by atoms with Gasteiger partial charge in [-0.15, -0.1) is 0 Å². The Morgan fingerprint density at radius 3 is 2.05 bits per heavy atom. The predicted octanol–water partition coefficient (Wildman–Crippen LogP) is 6.94. The third kappa shape index (κ3) is 6.29. The maximum Gasteiger partial charge on any atom is 0.416 e. The van der Waals surface area contributed by atoms with Gasteiger partial charge in [-0.05, 0) is 68.4 Å². The second-order valence-corrected chi connectivity index (χ2v) is 11.1. The molecule has 0 bridgehead atoms. The van der Waals surface area contributed by atoms with Crippen LogP contribution >= 0.6 is 0 Å². The van der Waals surface area contributed by atoms with Crippen LogP contribution in [0, 0.1) is 5.92 Å². The first-order chi connectivity index (χ1) is 18.3. The summed E-state index contributed by atoms with van der Waals surface area (Å²) in [7, 11) is 0. The van der Waals surface area contributed by atoms with Crippen LogP contribution in [0.25, 0.3) is 0 Å². The quantitative estimate of drug-likeness (QED) is 0.391. The van der Waals surface area contributed by atoms with Gasteiger partial charge in [-0.3, -0.25) is 0 Å². The zero-order valence-electron chi connectivity index (χ0n) is 21.6. The molecule has 10 heteroatoms. The van der Waals surface area contributed by atoms with E-state index in [-0.39, 0.29) is 24.2 Å². The Balaban J connectivity index is 1.43. The second-order valence-electron chi connectivity index (χ2n) is 11.1. The van der Waals surface area contributed by atoms with Crippen molar-refractivity contribution in [1.29, 1.82) is 0 Å². The van der Waals surface area contributed by atoms with Gasteiger partial charge in [-0.2, -0.15) is 26.3 Å². The summed E-state index contributed by atoms with van der Waals surface area (Å²) in [6.45, 7) is 3.25. The van der Waals surface area contributed by atoms with Gasteiger partial charge in [0, 0.05) is 31.0 Å². The molecular formula is C29H33F6NO3. The van der Waals surface area contributed by atoms with E-state index in [1.165, 1.54) is 19.8 Å². The molecular weight excluding hydrogens is 524 g/mol. The van der Waals surface area contributed by atoms with Crippen molar-refractivity contribution in [2.75, 3.05) is 19.7 Å². The van der Waals surface area contributed by atoms with Gasteiger partial charge in [-0.1, -0.05) is 30.3 Å². The molecule has 0 amide bonds. The molecule has 1 aliphatic carbocycles. The first-order valence-electron chi connectivity index (χ1n) is 13.4. The maximum absolute atomic E-state index is 13.5.